The van der Waals surface area contributed by atoms with Gasteiger partial charge in [0.1, 0.15) is 5.82 Å². The SMILES string of the molecule is CC(C)(C)C1CCCN(c2cc(CN)c(Cl)cn2)CC1. The Morgan fingerprint density at radius 3 is 2.75 bits per heavy atom. The molecular weight excluding hydrogens is 270 g/mol. The van der Waals surface area contributed by atoms with E-state index in [9.17, 15) is 0 Å². The molecule has 0 bridgehead atoms. The molecule has 1 aliphatic rings. The molecule has 1 aromatic heterocycles. The van der Waals surface area contributed by atoms with E-state index in [1.165, 1.54) is 19.3 Å². The number of hydrogen-bond donors (Lipinski definition) is 1. The van der Waals surface area contributed by atoms with E-state index in [1.54, 1.807) is 6.20 Å². The summed E-state index contributed by atoms with van der Waals surface area (Å²) >= 11 is 6.09. The summed E-state index contributed by atoms with van der Waals surface area (Å²) in [4.78, 5) is 6.85. The first-order valence-electron chi connectivity index (χ1n) is 7.51. The minimum atomic E-state index is 0.395. The van der Waals surface area contributed by atoms with Gasteiger partial charge in [0.15, 0.2) is 0 Å². The van der Waals surface area contributed by atoms with Gasteiger partial charge in [-0.1, -0.05) is 32.4 Å². The van der Waals surface area contributed by atoms with E-state index in [0.717, 1.165) is 30.4 Å². The first-order chi connectivity index (χ1) is 9.41. The number of anilines is 1. The number of rotatable bonds is 2. The molecule has 2 N–H and O–H groups in total. The van der Waals surface area contributed by atoms with Gasteiger partial charge < -0.3 is 10.6 Å². The van der Waals surface area contributed by atoms with Crippen LogP contribution < -0.4 is 10.6 Å². The molecule has 0 aromatic carbocycles. The summed E-state index contributed by atoms with van der Waals surface area (Å²) in [6.45, 7) is 9.65. The second kappa shape index (κ2) is 6.31. The van der Waals surface area contributed by atoms with Crippen LogP contribution in [0.5, 0.6) is 0 Å². The van der Waals surface area contributed by atoms with Crippen LogP contribution in [0.15, 0.2) is 12.3 Å². The summed E-state index contributed by atoms with van der Waals surface area (Å²) in [6, 6.07) is 2.04. The van der Waals surface area contributed by atoms with Crippen LogP contribution in [-0.4, -0.2) is 18.1 Å². The highest BCUT2D eigenvalue weighted by Gasteiger charge is 2.27. The Labute approximate surface area is 127 Å². The standard InChI is InChI=1S/C16H26ClN3/c1-16(2,3)13-5-4-7-20(8-6-13)15-9-12(10-18)14(17)11-19-15/h9,11,13H,4-8,10,18H2,1-3H3. The predicted molar refractivity (Wildman–Crippen MR) is 86.1 cm³/mol. The van der Waals surface area contributed by atoms with Crippen LogP contribution in [0.4, 0.5) is 5.82 Å². The Bertz CT molecular complexity index is 454. The highest BCUT2D eigenvalue weighted by Crippen LogP contribution is 2.35. The van der Waals surface area contributed by atoms with Crippen LogP contribution in [0.25, 0.3) is 0 Å². The lowest BCUT2D eigenvalue weighted by Crippen LogP contribution is -2.27. The molecule has 0 amide bonds. The van der Waals surface area contributed by atoms with E-state index >= 15 is 0 Å². The van der Waals surface area contributed by atoms with Crippen molar-refractivity contribution in [2.24, 2.45) is 17.1 Å². The van der Waals surface area contributed by atoms with E-state index in [4.69, 9.17) is 17.3 Å². The number of nitrogens with two attached hydrogens (primary N) is 1. The molecule has 0 aliphatic carbocycles. The average molecular weight is 296 g/mol. The largest absolute Gasteiger partial charge is 0.357 e. The van der Waals surface area contributed by atoms with Gasteiger partial charge in [0.25, 0.3) is 0 Å². The Kier molecular flexibility index (Phi) is 4.92. The van der Waals surface area contributed by atoms with Gasteiger partial charge >= 0.3 is 0 Å². The second-order valence-corrected chi connectivity index (χ2v) is 7.23. The molecule has 112 valence electrons. The fourth-order valence-electron chi connectivity index (χ4n) is 2.99. The fraction of sp³-hybridized carbons (Fsp3) is 0.688. The fourth-order valence-corrected chi connectivity index (χ4v) is 3.17. The maximum Gasteiger partial charge on any atom is 0.128 e. The number of pyridine rings is 1. The van der Waals surface area contributed by atoms with Gasteiger partial charge in [-0.2, -0.15) is 0 Å². The summed E-state index contributed by atoms with van der Waals surface area (Å²) in [5, 5.41) is 0.665. The summed E-state index contributed by atoms with van der Waals surface area (Å²) < 4.78 is 0. The minimum absolute atomic E-state index is 0.395. The highest BCUT2D eigenvalue weighted by atomic mass is 35.5. The monoisotopic (exact) mass is 295 g/mol. The zero-order valence-corrected chi connectivity index (χ0v) is 13.6. The maximum atomic E-state index is 6.09. The quantitative estimate of drug-likeness (QED) is 0.901. The van der Waals surface area contributed by atoms with Crippen LogP contribution >= 0.6 is 11.6 Å². The summed E-state index contributed by atoms with van der Waals surface area (Å²) in [7, 11) is 0. The van der Waals surface area contributed by atoms with Crippen molar-refractivity contribution in [3.63, 3.8) is 0 Å². The third-order valence-electron chi connectivity index (χ3n) is 4.42. The molecule has 1 aromatic rings. The van der Waals surface area contributed by atoms with E-state index < -0.39 is 0 Å². The third-order valence-corrected chi connectivity index (χ3v) is 4.76. The number of nitrogens with zero attached hydrogens (tertiary/aromatic N) is 2. The molecule has 1 aliphatic heterocycles. The molecule has 2 rings (SSSR count). The summed E-state index contributed by atoms with van der Waals surface area (Å²) in [5.74, 6) is 1.80. The number of halogens is 1. The molecule has 0 radical (unpaired) electrons. The molecule has 4 heteroatoms. The van der Waals surface area contributed by atoms with Gasteiger partial charge in [-0.25, -0.2) is 4.98 Å². The summed E-state index contributed by atoms with van der Waals surface area (Å²) in [6.07, 6.45) is 5.48. The van der Waals surface area contributed by atoms with Crippen molar-refractivity contribution in [2.75, 3.05) is 18.0 Å². The van der Waals surface area contributed by atoms with Crippen molar-refractivity contribution < 1.29 is 0 Å². The van der Waals surface area contributed by atoms with Gasteiger partial charge in [0.05, 0.1) is 5.02 Å². The highest BCUT2D eigenvalue weighted by molar-refractivity contribution is 6.31. The molecule has 1 unspecified atom stereocenters. The van der Waals surface area contributed by atoms with Crippen LogP contribution in [0.3, 0.4) is 0 Å². The normalized spacial score (nSPS) is 20.9. The summed E-state index contributed by atoms with van der Waals surface area (Å²) in [5.41, 5.74) is 7.10. The predicted octanol–water partition coefficient (Wildman–Crippen LogP) is 3.85. The van der Waals surface area contributed by atoms with E-state index in [1.807, 2.05) is 6.07 Å². The minimum Gasteiger partial charge on any atom is -0.357 e. The first kappa shape index (κ1) is 15.6. The molecule has 0 spiro atoms. The van der Waals surface area contributed by atoms with E-state index in [0.29, 0.717) is 17.0 Å². The number of hydrogen-bond acceptors (Lipinski definition) is 3. The van der Waals surface area contributed by atoms with Gasteiger partial charge in [-0.15, -0.1) is 0 Å². The van der Waals surface area contributed by atoms with Crippen LogP contribution in [0.1, 0.15) is 45.6 Å². The molecule has 3 nitrogen and oxygen atoms in total. The molecule has 2 heterocycles. The van der Waals surface area contributed by atoms with E-state index in [2.05, 4.69) is 30.7 Å². The topological polar surface area (TPSA) is 42.1 Å². The molecule has 1 atom stereocenters. The van der Waals surface area contributed by atoms with Crippen molar-refractivity contribution in [3.8, 4) is 0 Å². The molecule has 1 saturated heterocycles. The van der Waals surface area contributed by atoms with Crippen LogP contribution in [-0.2, 0) is 6.54 Å². The van der Waals surface area contributed by atoms with Gasteiger partial charge in [0.2, 0.25) is 0 Å². The van der Waals surface area contributed by atoms with Gasteiger partial charge in [0, 0.05) is 25.8 Å². The molecular formula is C16H26ClN3. The first-order valence-corrected chi connectivity index (χ1v) is 7.89. The average Bonchev–Trinajstić information content (AvgIpc) is 2.64. The zero-order chi connectivity index (χ0) is 14.8. The van der Waals surface area contributed by atoms with E-state index in [-0.39, 0.29) is 0 Å². The van der Waals surface area contributed by atoms with Crippen molar-refractivity contribution >= 4 is 17.4 Å². The smallest absolute Gasteiger partial charge is 0.128 e. The Hall–Kier alpha value is -0.800. The molecule has 0 saturated carbocycles. The molecule has 1 fully saturated rings. The van der Waals surface area contributed by atoms with Crippen molar-refractivity contribution in [3.05, 3.63) is 22.8 Å². The third kappa shape index (κ3) is 3.64. The van der Waals surface area contributed by atoms with Gasteiger partial charge in [-0.3, -0.25) is 0 Å². The van der Waals surface area contributed by atoms with Crippen molar-refractivity contribution in [1.29, 1.82) is 0 Å². The lowest BCUT2D eigenvalue weighted by atomic mass is 9.77. The van der Waals surface area contributed by atoms with Crippen LogP contribution in [0.2, 0.25) is 5.02 Å². The van der Waals surface area contributed by atoms with Crippen molar-refractivity contribution in [2.45, 2.75) is 46.6 Å². The van der Waals surface area contributed by atoms with Gasteiger partial charge in [-0.05, 0) is 42.2 Å². The zero-order valence-electron chi connectivity index (χ0n) is 12.8. The second-order valence-electron chi connectivity index (χ2n) is 6.82. The van der Waals surface area contributed by atoms with Crippen molar-refractivity contribution in [1.82, 2.24) is 4.98 Å². The molecule has 20 heavy (non-hydrogen) atoms. The lowest BCUT2D eigenvalue weighted by molar-refractivity contribution is 0.220. The maximum absolute atomic E-state index is 6.09. The Morgan fingerprint density at radius 1 is 1.35 bits per heavy atom. The lowest BCUT2D eigenvalue weighted by Gasteiger charge is -2.30. The Morgan fingerprint density at radius 2 is 2.10 bits per heavy atom. The van der Waals surface area contributed by atoms with Crippen LogP contribution in [0, 0.1) is 11.3 Å². The number of aromatic nitrogens is 1. The Balaban J connectivity index is 2.11.